The first-order valence-corrected chi connectivity index (χ1v) is 5.49. The zero-order chi connectivity index (χ0) is 14.5. The highest BCUT2D eigenvalue weighted by atomic mass is 19.3. The van der Waals surface area contributed by atoms with Crippen molar-refractivity contribution in [1.82, 2.24) is 9.97 Å². The van der Waals surface area contributed by atoms with Gasteiger partial charge in [0.2, 0.25) is 0 Å². The molecule has 0 aliphatic carbocycles. The first-order valence-electron chi connectivity index (χ1n) is 5.49. The van der Waals surface area contributed by atoms with E-state index in [9.17, 15) is 13.6 Å². The van der Waals surface area contributed by atoms with Crippen LogP contribution in [-0.4, -0.2) is 22.5 Å². The summed E-state index contributed by atoms with van der Waals surface area (Å²) >= 11 is 0. The summed E-state index contributed by atoms with van der Waals surface area (Å²) in [6, 6.07) is 5.83. The van der Waals surface area contributed by atoms with Crippen LogP contribution in [0.1, 0.15) is 10.5 Å². The summed E-state index contributed by atoms with van der Waals surface area (Å²) in [6.07, 6.45) is 2.40. The van der Waals surface area contributed by atoms with Crippen LogP contribution < -0.4 is 15.8 Å². The molecule has 6 nitrogen and oxygen atoms in total. The first-order chi connectivity index (χ1) is 9.56. The normalized spacial score (nSPS) is 10.3. The van der Waals surface area contributed by atoms with Crippen LogP contribution in [0.25, 0.3) is 0 Å². The number of carbonyl (C=O) groups excluding carboxylic acids is 1. The molecule has 0 fully saturated rings. The molecule has 1 amide bonds. The second-order valence-corrected chi connectivity index (χ2v) is 3.66. The lowest BCUT2D eigenvalue weighted by atomic mass is 10.3. The molecule has 1 aromatic carbocycles. The number of nitrogens with one attached hydrogen (secondary N) is 1. The molecule has 0 unspecified atom stereocenters. The summed E-state index contributed by atoms with van der Waals surface area (Å²) in [5, 5.41) is 2.41. The van der Waals surface area contributed by atoms with Crippen molar-refractivity contribution in [3.05, 3.63) is 42.4 Å². The molecule has 8 heteroatoms. The predicted molar refractivity (Wildman–Crippen MR) is 67.5 cm³/mol. The van der Waals surface area contributed by atoms with E-state index in [0.29, 0.717) is 0 Å². The third-order valence-electron chi connectivity index (χ3n) is 2.26. The van der Waals surface area contributed by atoms with Crippen molar-refractivity contribution in [2.45, 2.75) is 6.61 Å². The standard InChI is InChI=1S/C12H10F2N4O2/c13-12(14)20-9-4-2-1-3-7(9)18-11(19)8-5-17-10(15)6-16-8/h1-6,12H,(H2,15,17)(H,18,19). The number of nitrogens with two attached hydrogens (primary N) is 1. The molecule has 0 bridgehead atoms. The maximum Gasteiger partial charge on any atom is 0.387 e. The van der Waals surface area contributed by atoms with Crippen LogP contribution in [0.15, 0.2) is 36.7 Å². The van der Waals surface area contributed by atoms with Gasteiger partial charge in [-0.1, -0.05) is 12.1 Å². The smallest absolute Gasteiger partial charge is 0.387 e. The van der Waals surface area contributed by atoms with Crippen LogP contribution in [0.2, 0.25) is 0 Å². The van der Waals surface area contributed by atoms with E-state index in [-0.39, 0.29) is 22.9 Å². The molecule has 20 heavy (non-hydrogen) atoms. The number of nitrogens with zero attached hydrogens (tertiary/aromatic N) is 2. The van der Waals surface area contributed by atoms with Crippen molar-refractivity contribution < 1.29 is 18.3 Å². The fraction of sp³-hybridized carbons (Fsp3) is 0.0833. The SMILES string of the molecule is Nc1cnc(C(=O)Nc2ccccc2OC(F)F)cn1. The lowest BCUT2D eigenvalue weighted by molar-refractivity contribution is -0.0493. The molecule has 0 saturated carbocycles. The minimum absolute atomic E-state index is 0.00560. The monoisotopic (exact) mass is 280 g/mol. The zero-order valence-electron chi connectivity index (χ0n) is 10.1. The first kappa shape index (κ1) is 13.7. The number of nitrogen functional groups attached to an aromatic ring is 1. The Kier molecular flexibility index (Phi) is 4.04. The molecule has 0 radical (unpaired) electrons. The largest absolute Gasteiger partial charge is 0.433 e. The fourth-order valence-electron chi connectivity index (χ4n) is 1.41. The van der Waals surface area contributed by atoms with Gasteiger partial charge in [0.25, 0.3) is 5.91 Å². The quantitative estimate of drug-likeness (QED) is 0.892. The topological polar surface area (TPSA) is 90.1 Å². The maximum atomic E-state index is 12.2. The minimum Gasteiger partial charge on any atom is -0.433 e. The highest BCUT2D eigenvalue weighted by molar-refractivity contribution is 6.03. The van der Waals surface area contributed by atoms with E-state index in [4.69, 9.17) is 5.73 Å². The van der Waals surface area contributed by atoms with Gasteiger partial charge >= 0.3 is 6.61 Å². The highest BCUT2D eigenvalue weighted by Crippen LogP contribution is 2.25. The summed E-state index contributed by atoms with van der Waals surface area (Å²) in [7, 11) is 0. The Morgan fingerprint density at radius 1 is 1.25 bits per heavy atom. The molecular weight excluding hydrogens is 270 g/mol. The van der Waals surface area contributed by atoms with Crippen LogP contribution in [0.5, 0.6) is 5.75 Å². The van der Waals surface area contributed by atoms with Crippen LogP contribution in [0.4, 0.5) is 20.3 Å². The molecule has 1 aromatic heterocycles. The molecule has 104 valence electrons. The molecule has 2 aromatic rings. The van der Waals surface area contributed by atoms with Crippen LogP contribution in [0.3, 0.4) is 0 Å². The number of benzene rings is 1. The van der Waals surface area contributed by atoms with Crippen molar-refractivity contribution in [3.63, 3.8) is 0 Å². The van der Waals surface area contributed by atoms with Crippen LogP contribution in [0, 0.1) is 0 Å². The number of aromatic nitrogens is 2. The summed E-state index contributed by atoms with van der Waals surface area (Å²) in [4.78, 5) is 19.4. The number of hydrogen-bond acceptors (Lipinski definition) is 5. The van der Waals surface area contributed by atoms with Gasteiger partial charge in [-0.25, -0.2) is 9.97 Å². The Bertz CT molecular complexity index is 605. The maximum absolute atomic E-state index is 12.2. The predicted octanol–water partition coefficient (Wildman–Crippen LogP) is 1.91. The lowest BCUT2D eigenvalue weighted by Gasteiger charge is -2.11. The van der Waals surface area contributed by atoms with Gasteiger partial charge in [-0.15, -0.1) is 0 Å². The molecule has 0 atom stereocenters. The third-order valence-corrected chi connectivity index (χ3v) is 2.26. The second-order valence-electron chi connectivity index (χ2n) is 3.66. The van der Waals surface area contributed by atoms with Crippen molar-refractivity contribution in [1.29, 1.82) is 0 Å². The number of halogens is 2. The molecule has 3 N–H and O–H groups in total. The third kappa shape index (κ3) is 3.37. The number of carbonyl (C=O) groups is 1. The van der Waals surface area contributed by atoms with Crippen molar-refractivity contribution in [2.24, 2.45) is 0 Å². The molecule has 2 rings (SSSR count). The average Bonchev–Trinajstić information content (AvgIpc) is 2.41. The van der Waals surface area contributed by atoms with Crippen LogP contribution >= 0.6 is 0 Å². The van der Waals surface area contributed by atoms with E-state index in [1.165, 1.54) is 30.6 Å². The average molecular weight is 280 g/mol. The Balaban J connectivity index is 2.17. The lowest BCUT2D eigenvalue weighted by Crippen LogP contribution is -2.15. The fourth-order valence-corrected chi connectivity index (χ4v) is 1.41. The van der Waals surface area contributed by atoms with E-state index >= 15 is 0 Å². The van der Waals surface area contributed by atoms with Gasteiger partial charge < -0.3 is 15.8 Å². The number of amides is 1. The van der Waals surface area contributed by atoms with E-state index in [0.717, 1.165) is 0 Å². The molecule has 0 saturated heterocycles. The van der Waals surface area contributed by atoms with Gasteiger partial charge in [0, 0.05) is 0 Å². The molecular formula is C12H10F2N4O2. The summed E-state index contributed by atoms with van der Waals surface area (Å²) in [6.45, 7) is -2.98. The van der Waals surface area contributed by atoms with Gasteiger partial charge in [0.05, 0.1) is 18.1 Å². The Morgan fingerprint density at radius 2 is 2.00 bits per heavy atom. The summed E-state index contributed by atoms with van der Waals surface area (Å²) in [5.74, 6) is -0.579. The number of anilines is 2. The van der Waals surface area contributed by atoms with Crippen LogP contribution in [-0.2, 0) is 0 Å². The number of para-hydroxylation sites is 2. The van der Waals surface area contributed by atoms with Gasteiger partial charge in [0.15, 0.2) is 0 Å². The number of alkyl halides is 2. The highest BCUT2D eigenvalue weighted by Gasteiger charge is 2.13. The van der Waals surface area contributed by atoms with Crippen molar-refractivity contribution in [2.75, 3.05) is 11.1 Å². The van der Waals surface area contributed by atoms with E-state index < -0.39 is 12.5 Å². The van der Waals surface area contributed by atoms with Gasteiger partial charge in [-0.2, -0.15) is 8.78 Å². The van der Waals surface area contributed by atoms with Gasteiger partial charge in [-0.05, 0) is 12.1 Å². The number of rotatable bonds is 4. The molecule has 1 heterocycles. The summed E-state index contributed by atoms with van der Waals surface area (Å²) < 4.78 is 28.8. The number of hydrogen-bond donors (Lipinski definition) is 2. The second kappa shape index (κ2) is 5.91. The molecule has 0 aliphatic rings. The van der Waals surface area contributed by atoms with E-state index in [2.05, 4.69) is 20.0 Å². The van der Waals surface area contributed by atoms with Crippen molar-refractivity contribution >= 4 is 17.4 Å². The van der Waals surface area contributed by atoms with Gasteiger partial charge in [0.1, 0.15) is 17.3 Å². The molecule has 0 spiro atoms. The molecule has 0 aliphatic heterocycles. The van der Waals surface area contributed by atoms with Crippen molar-refractivity contribution in [3.8, 4) is 5.75 Å². The summed E-state index contributed by atoms with van der Waals surface area (Å²) in [5.41, 5.74) is 5.46. The van der Waals surface area contributed by atoms with E-state index in [1.54, 1.807) is 6.07 Å². The Hall–Kier alpha value is -2.77. The van der Waals surface area contributed by atoms with Gasteiger partial charge in [-0.3, -0.25) is 4.79 Å². The minimum atomic E-state index is -2.98. The Morgan fingerprint density at radius 3 is 2.65 bits per heavy atom. The number of ether oxygens (including phenoxy) is 1. The zero-order valence-corrected chi connectivity index (χ0v) is 10.1. The Labute approximate surface area is 112 Å². The van der Waals surface area contributed by atoms with E-state index in [1.807, 2.05) is 0 Å².